The summed E-state index contributed by atoms with van der Waals surface area (Å²) in [5.41, 5.74) is -0.604. The average molecular weight is 373 g/mol. The maximum atomic E-state index is 12.5. The molecular formula is C18H22F3NO4. The number of nitrogens with one attached hydrogen (secondary N) is 1. The van der Waals surface area contributed by atoms with Gasteiger partial charge >= 0.3 is 12.3 Å². The number of carboxylic acids is 1. The summed E-state index contributed by atoms with van der Waals surface area (Å²) in [6, 6.07) is 5.76. The van der Waals surface area contributed by atoms with Gasteiger partial charge in [0.25, 0.3) is 0 Å². The van der Waals surface area contributed by atoms with Crippen LogP contribution in [0.3, 0.4) is 0 Å². The number of rotatable bonds is 7. The average Bonchev–Trinajstić information content (AvgIpc) is 3.25. The van der Waals surface area contributed by atoms with E-state index in [1.165, 1.54) is 18.2 Å². The van der Waals surface area contributed by atoms with Crippen LogP contribution in [-0.4, -0.2) is 28.9 Å². The molecule has 1 aromatic rings. The van der Waals surface area contributed by atoms with E-state index in [2.05, 4.69) is 10.1 Å². The van der Waals surface area contributed by atoms with Gasteiger partial charge in [0, 0.05) is 11.5 Å². The summed E-state index contributed by atoms with van der Waals surface area (Å²) < 4.78 is 41.7. The lowest BCUT2D eigenvalue weighted by Gasteiger charge is -2.33. The standard InChI is InChI=1S/C18H22F3NO4/c1-10(2)17(3,9-15(23)24)22-16(25)13-8-12(13)11-6-4-5-7-14(11)26-18(19,20)21/h4-7,10,12-13H,8-9H2,1-3H3,(H,22,25)(H,23,24). The molecular weight excluding hydrogens is 351 g/mol. The van der Waals surface area contributed by atoms with Gasteiger partial charge in [-0.05, 0) is 36.8 Å². The first kappa shape index (κ1) is 20.1. The van der Waals surface area contributed by atoms with Crippen LogP contribution in [0.4, 0.5) is 13.2 Å². The predicted octanol–water partition coefficient (Wildman–Crippen LogP) is 3.69. The van der Waals surface area contributed by atoms with Crippen LogP contribution in [0.2, 0.25) is 0 Å². The Morgan fingerprint density at radius 1 is 1.31 bits per heavy atom. The first-order chi connectivity index (χ1) is 11.9. The first-order valence-electron chi connectivity index (χ1n) is 8.31. The molecule has 26 heavy (non-hydrogen) atoms. The number of aliphatic carboxylic acids is 1. The normalized spacial score (nSPS) is 21.8. The van der Waals surface area contributed by atoms with E-state index in [0.717, 1.165) is 0 Å². The second-order valence-electron chi connectivity index (χ2n) is 7.17. The monoisotopic (exact) mass is 373 g/mol. The molecule has 0 bridgehead atoms. The summed E-state index contributed by atoms with van der Waals surface area (Å²) in [6.07, 6.45) is -4.65. The van der Waals surface area contributed by atoms with Crippen molar-refractivity contribution in [3.63, 3.8) is 0 Å². The van der Waals surface area contributed by atoms with Crippen molar-refractivity contribution in [3.8, 4) is 5.75 Å². The van der Waals surface area contributed by atoms with Crippen LogP contribution in [0, 0.1) is 11.8 Å². The van der Waals surface area contributed by atoms with Crippen LogP contribution in [0.5, 0.6) is 5.75 Å². The van der Waals surface area contributed by atoms with Crippen LogP contribution in [0.15, 0.2) is 24.3 Å². The summed E-state index contributed by atoms with van der Waals surface area (Å²) in [4.78, 5) is 23.6. The third-order valence-corrected chi connectivity index (χ3v) is 4.87. The Bertz CT molecular complexity index is 689. The zero-order chi connectivity index (χ0) is 19.7. The van der Waals surface area contributed by atoms with Crippen molar-refractivity contribution in [2.24, 2.45) is 11.8 Å². The molecule has 1 amide bonds. The molecule has 3 unspecified atom stereocenters. The van der Waals surface area contributed by atoms with Crippen LogP contribution < -0.4 is 10.1 Å². The lowest BCUT2D eigenvalue weighted by atomic mass is 9.85. The van der Waals surface area contributed by atoms with Crippen molar-refractivity contribution in [2.45, 2.75) is 51.4 Å². The fraction of sp³-hybridized carbons (Fsp3) is 0.556. The van der Waals surface area contributed by atoms with Crippen LogP contribution in [-0.2, 0) is 9.59 Å². The Labute approximate surface area is 149 Å². The highest BCUT2D eigenvalue weighted by Crippen LogP contribution is 2.51. The number of carbonyl (C=O) groups is 2. The number of hydrogen-bond donors (Lipinski definition) is 2. The van der Waals surface area contributed by atoms with Crippen molar-refractivity contribution in [2.75, 3.05) is 0 Å². The maximum Gasteiger partial charge on any atom is 0.573 e. The van der Waals surface area contributed by atoms with E-state index < -0.39 is 23.8 Å². The number of carboxylic acid groups (broad SMARTS) is 1. The van der Waals surface area contributed by atoms with Crippen molar-refractivity contribution in [3.05, 3.63) is 29.8 Å². The van der Waals surface area contributed by atoms with E-state index in [-0.39, 0.29) is 29.9 Å². The Kier molecular flexibility index (Phi) is 5.53. The number of hydrogen-bond acceptors (Lipinski definition) is 3. The highest BCUT2D eigenvalue weighted by Gasteiger charge is 2.48. The molecule has 0 aromatic heterocycles. The molecule has 1 fully saturated rings. The Balaban J connectivity index is 2.11. The second-order valence-corrected chi connectivity index (χ2v) is 7.17. The van der Waals surface area contributed by atoms with Gasteiger partial charge in [0.2, 0.25) is 5.91 Å². The summed E-state index contributed by atoms with van der Waals surface area (Å²) in [5, 5.41) is 11.8. The minimum atomic E-state index is -4.81. The third kappa shape index (κ3) is 4.89. The van der Waals surface area contributed by atoms with Crippen LogP contribution in [0.1, 0.15) is 45.1 Å². The van der Waals surface area contributed by atoms with E-state index in [9.17, 15) is 22.8 Å². The molecule has 3 atom stereocenters. The maximum absolute atomic E-state index is 12.5. The second kappa shape index (κ2) is 7.17. The largest absolute Gasteiger partial charge is 0.573 e. The molecule has 1 aromatic carbocycles. The van der Waals surface area contributed by atoms with Crippen LogP contribution >= 0.6 is 0 Å². The molecule has 1 saturated carbocycles. The molecule has 8 heteroatoms. The van der Waals surface area contributed by atoms with Gasteiger partial charge in [0.1, 0.15) is 5.75 Å². The summed E-state index contributed by atoms with van der Waals surface area (Å²) >= 11 is 0. The van der Waals surface area contributed by atoms with Crippen molar-refractivity contribution in [1.29, 1.82) is 0 Å². The van der Waals surface area contributed by atoms with Crippen molar-refractivity contribution in [1.82, 2.24) is 5.32 Å². The molecule has 0 saturated heterocycles. The van der Waals surface area contributed by atoms with E-state index in [1.807, 2.05) is 0 Å². The molecule has 144 valence electrons. The molecule has 0 heterocycles. The Morgan fingerprint density at radius 3 is 2.46 bits per heavy atom. The molecule has 2 N–H and O–H groups in total. The van der Waals surface area contributed by atoms with Gasteiger partial charge in [-0.1, -0.05) is 32.0 Å². The fourth-order valence-corrected chi connectivity index (χ4v) is 2.91. The smallest absolute Gasteiger partial charge is 0.481 e. The molecule has 2 rings (SSSR count). The molecule has 0 aliphatic heterocycles. The molecule has 1 aliphatic carbocycles. The number of benzene rings is 1. The van der Waals surface area contributed by atoms with E-state index in [4.69, 9.17) is 5.11 Å². The topological polar surface area (TPSA) is 75.6 Å². The van der Waals surface area contributed by atoms with Gasteiger partial charge in [-0.25, -0.2) is 0 Å². The molecule has 1 aliphatic rings. The third-order valence-electron chi connectivity index (χ3n) is 4.87. The lowest BCUT2D eigenvalue weighted by molar-refractivity contribution is -0.274. The number of carbonyl (C=O) groups excluding carboxylic acids is 1. The number of halogens is 3. The van der Waals surface area contributed by atoms with Gasteiger partial charge in [0.15, 0.2) is 0 Å². The number of para-hydroxylation sites is 1. The molecule has 5 nitrogen and oxygen atoms in total. The number of ether oxygens (including phenoxy) is 1. The highest BCUT2D eigenvalue weighted by molar-refractivity contribution is 5.84. The van der Waals surface area contributed by atoms with Crippen molar-refractivity contribution < 1.29 is 32.6 Å². The Hall–Kier alpha value is -2.25. The highest BCUT2D eigenvalue weighted by atomic mass is 19.4. The van der Waals surface area contributed by atoms with E-state index in [0.29, 0.717) is 12.0 Å². The van der Waals surface area contributed by atoms with Gasteiger partial charge in [0.05, 0.1) is 6.42 Å². The summed E-state index contributed by atoms with van der Waals surface area (Å²) in [5.74, 6) is -2.69. The minimum absolute atomic E-state index is 0.124. The van der Waals surface area contributed by atoms with Crippen LogP contribution in [0.25, 0.3) is 0 Å². The SMILES string of the molecule is CC(C)C(C)(CC(=O)O)NC(=O)C1CC1c1ccccc1OC(F)(F)F. The Morgan fingerprint density at radius 2 is 1.92 bits per heavy atom. The zero-order valence-electron chi connectivity index (χ0n) is 14.8. The van der Waals surface area contributed by atoms with Gasteiger partial charge in [-0.2, -0.15) is 0 Å². The lowest BCUT2D eigenvalue weighted by Crippen LogP contribution is -2.51. The quantitative estimate of drug-likeness (QED) is 0.764. The number of amides is 1. The molecule has 0 radical (unpaired) electrons. The molecule has 0 spiro atoms. The van der Waals surface area contributed by atoms with Gasteiger partial charge in [-0.15, -0.1) is 13.2 Å². The van der Waals surface area contributed by atoms with E-state index >= 15 is 0 Å². The van der Waals surface area contributed by atoms with E-state index in [1.54, 1.807) is 26.8 Å². The minimum Gasteiger partial charge on any atom is -0.481 e. The summed E-state index contributed by atoms with van der Waals surface area (Å²) in [6.45, 7) is 5.27. The van der Waals surface area contributed by atoms with Crippen molar-refractivity contribution >= 4 is 11.9 Å². The van der Waals surface area contributed by atoms with Gasteiger partial charge in [-0.3, -0.25) is 9.59 Å². The fourth-order valence-electron chi connectivity index (χ4n) is 2.91. The predicted molar refractivity (Wildman–Crippen MR) is 87.6 cm³/mol. The zero-order valence-corrected chi connectivity index (χ0v) is 14.8. The number of alkyl halides is 3. The van der Waals surface area contributed by atoms with Gasteiger partial charge < -0.3 is 15.2 Å². The first-order valence-corrected chi connectivity index (χ1v) is 8.31. The summed E-state index contributed by atoms with van der Waals surface area (Å²) in [7, 11) is 0.